The van der Waals surface area contributed by atoms with Crippen LogP contribution < -0.4 is 19.5 Å². The minimum absolute atomic E-state index is 0.0241. The molecule has 1 heterocycles. The summed E-state index contributed by atoms with van der Waals surface area (Å²) in [7, 11) is -3.65. The summed E-state index contributed by atoms with van der Waals surface area (Å²) in [5, 5.41) is 2.77. The second kappa shape index (κ2) is 8.42. The molecule has 0 unspecified atom stereocenters. The minimum atomic E-state index is -3.65. The zero-order chi connectivity index (χ0) is 21.1. The van der Waals surface area contributed by atoms with Crippen molar-refractivity contribution in [3.63, 3.8) is 0 Å². The first-order chi connectivity index (χ1) is 13.6. The molecular formula is C21H26N2O5S. The Kier molecular flexibility index (Phi) is 6.14. The molecular weight excluding hydrogens is 392 g/mol. The molecule has 0 saturated carbocycles. The molecule has 0 fully saturated rings. The third-order valence-corrected chi connectivity index (χ3v) is 6.08. The molecule has 156 valence electrons. The molecule has 7 nitrogen and oxygen atoms in total. The SMILES string of the molecule is CC(C)(C)c1ccc(S(=O)(=O)NCCC(=O)NCc2ccc3c(c2)OCO3)cc1. The molecule has 0 spiro atoms. The summed E-state index contributed by atoms with van der Waals surface area (Å²) in [6, 6.07) is 12.2. The van der Waals surface area contributed by atoms with Gasteiger partial charge in [-0.3, -0.25) is 4.79 Å². The van der Waals surface area contributed by atoms with Crippen molar-refractivity contribution in [3.8, 4) is 11.5 Å². The summed E-state index contributed by atoms with van der Waals surface area (Å²) in [6.07, 6.45) is 0.0455. The predicted molar refractivity (Wildman–Crippen MR) is 109 cm³/mol. The Morgan fingerprint density at radius 3 is 2.41 bits per heavy atom. The highest BCUT2D eigenvalue weighted by Crippen LogP contribution is 2.32. The van der Waals surface area contributed by atoms with Gasteiger partial charge in [0, 0.05) is 19.5 Å². The van der Waals surface area contributed by atoms with Crippen LogP contribution >= 0.6 is 0 Å². The molecule has 0 aromatic heterocycles. The van der Waals surface area contributed by atoms with Crippen LogP contribution in [0.3, 0.4) is 0 Å². The molecule has 8 heteroatoms. The average Bonchev–Trinajstić information content (AvgIpc) is 3.13. The van der Waals surface area contributed by atoms with Crippen LogP contribution in [0.5, 0.6) is 11.5 Å². The number of rotatable bonds is 7. The Hall–Kier alpha value is -2.58. The van der Waals surface area contributed by atoms with Crippen LogP contribution in [0, 0.1) is 0 Å². The van der Waals surface area contributed by atoms with Crippen LogP contribution in [0.25, 0.3) is 0 Å². The Morgan fingerprint density at radius 1 is 1.03 bits per heavy atom. The lowest BCUT2D eigenvalue weighted by Gasteiger charge is -2.19. The van der Waals surface area contributed by atoms with Crippen LogP contribution in [0.15, 0.2) is 47.4 Å². The number of amides is 1. The molecule has 1 aliphatic heterocycles. The van der Waals surface area contributed by atoms with E-state index in [9.17, 15) is 13.2 Å². The first-order valence-corrected chi connectivity index (χ1v) is 10.9. The third kappa shape index (κ3) is 5.48. The molecule has 2 N–H and O–H groups in total. The second-order valence-electron chi connectivity index (χ2n) is 7.89. The second-order valence-corrected chi connectivity index (χ2v) is 9.65. The number of carbonyl (C=O) groups excluding carboxylic acids is 1. The molecule has 1 aliphatic rings. The summed E-state index contributed by atoms with van der Waals surface area (Å²) in [5.41, 5.74) is 1.88. The fourth-order valence-electron chi connectivity index (χ4n) is 2.86. The van der Waals surface area contributed by atoms with Crippen LogP contribution in [0.1, 0.15) is 38.3 Å². The van der Waals surface area contributed by atoms with E-state index in [-0.39, 0.29) is 36.0 Å². The third-order valence-electron chi connectivity index (χ3n) is 4.60. The van der Waals surface area contributed by atoms with Crippen molar-refractivity contribution in [3.05, 3.63) is 53.6 Å². The average molecular weight is 419 g/mol. The van der Waals surface area contributed by atoms with Crippen LogP contribution in [0.2, 0.25) is 0 Å². The number of hydrogen-bond acceptors (Lipinski definition) is 5. The Morgan fingerprint density at radius 2 is 1.72 bits per heavy atom. The molecule has 0 saturated heterocycles. The number of sulfonamides is 1. The first kappa shape index (κ1) is 21.1. The molecule has 0 radical (unpaired) electrons. The number of ether oxygens (including phenoxy) is 2. The van der Waals surface area contributed by atoms with Gasteiger partial charge in [0.25, 0.3) is 0 Å². The van der Waals surface area contributed by atoms with E-state index in [0.717, 1.165) is 11.1 Å². The fourth-order valence-corrected chi connectivity index (χ4v) is 3.89. The molecule has 0 aliphatic carbocycles. The Balaban J connectivity index is 1.46. The van der Waals surface area contributed by atoms with Crippen molar-refractivity contribution < 1.29 is 22.7 Å². The van der Waals surface area contributed by atoms with E-state index in [2.05, 4.69) is 30.8 Å². The zero-order valence-electron chi connectivity index (χ0n) is 16.8. The molecule has 3 rings (SSSR count). The van der Waals surface area contributed by atoms with Crippen molar-refractivity contribution in [2.45, 2.75) is 44.0 Å². The topological polar surface area (TPSA) is 93.7 Å². The van der Waals surface area contributed by atoms with E-state index < -0.39 is 10.0 Å². The summed E-state index contributed by atoms with van der Waals surface area (Å²) < 4.78 is 37.8. The minimum Gasteiger partial charge on any atom is -0.454 e. The van der Waals surface area contributed by atoms with Crippen molar-refractivity contribution >= 4 is 15.9 Å². The maximum atomic E-state index is 12.4. The van der Waals surface area contributed by atoms with Gasteiger partial charge in [-0.1, -0.05) is 39.0 Å². The van der Waals surface area contributed by atoms with E-state index in [1.807, 2.05) is 24.3 Å². The fraction of sp³-hybridized carbons (Fsp3) is 0.381. The number of benzene rings is 2. The van der Waals surface area contributed by atoms with Gasteiger partial charge in [-0.05, 0) is 40.8 Å². The summed E-state index contributed by atoms with van der Waals surface area (Å²) >= 11 is 0. The summed E-state index contributed by atoms with van der Waals surface area (Å²) in [6.45, 7) is 6.75. The van der Waals surface area contributed by atoms with Gasteiger partial charge in [0.1, 0.15) is 0 Å². The maximum Gasteiger partial charge on any atom is 0.240 e. The number of hydrogen-bond donors (Lipinski definition) is 2. The molecule has 2 aromatic rings. The summed E-state index contributed by atoms with van der Waals surface area (Å²) in [4.78, 5) is 12.2. The van der Waals surface area contributed by atoms with Crippen LogP contribution in [-0.4, -0.2) is 27.7 Å². The van der Waals surface area contributed by atoms with Gasteiger partial charge in [-0.25, -0.2) is 13.1 Å². The normalized spacial score (nSPS) is 13.3. The molecule has 0 atom stereocenters. The van der Waals surface area contributed by atoms with Crippen molar-refractivity contribution in [2.75, 3.05) is 13.3 Å². The highest BCUT2D eigenvalue weighted by atomic mass is 32.2. The first-order valence-electron chi connectivity index (χ1n) is 9.40. The van der Waals surface area contributed by atoms with E-state index in [1.165, 1.54) is 0 Å². The smallest absolute Gasteiger partial charge is 0.240 e. The Bertz CT molecular complexity index is 979. The van der Waals surface area contributed by atoms with Gasteiger partial charge in [0.05, 0.1) is 4.90 Å². The molecule has 0 bridgehead atoms. The van der Waals surface area contributed by atoms with Crippen molar-refractivity contribution in [2.24, 2.45) is 0 Å². The van der Waals surface area contributed by atoms with E-state index >= 15 is 0 Å². The van der Waals surface area contributed by atoms with Gasteiger partial charge in [-0.2, -0.15) is 0 Å². The van der Waals surface area contributed by atoms with Crippen LogP contribution in [-0.2, 0) is 26.8 Å². The van der Waals surface area contributed by atoms with Gasteiger partial charge in [0.2, 0.25) is 22.7 Å². The van der Waals surface area contributed by atoms with Crippen LogP contribution in [0.4, 0.5) is 0 Å². The largest absolute Gasteiger partial charge is 0.454 e. The van der Waals surface area contributed by atoms with E-state index in [1.54, 1.807) is 18.2 Å². The van der Waals surface area contributed by atoms with Crippen molar-refractivity contribution in [1.29, 1.82) is 0 Å². The molecule has 1 amide bonds. The Labute approximate surface area is 171 Å². The number of fused-ring (bicyclic) bond motifs is 1. The highest BCUT2D eigenvalue weighted by Gasteiger charge is 2.18. The van der Waals surface area contributed by atoms with E-state index in [0.29, 0.717) is 18.0 Å². The number of carbonyl (C=O) groups is 1. The maximum absolute atomic E-state index is 12.4. The van der Waals surface area contributed by atoms with Gasteiger partial charge in [-0.15, -0.1) is 0 Å². The summed E-state index contributed by atoms with van der Waals surface area (Å²) in [5.74, 6) is 1.10. The van der Waals surface area contributed by atoms with Gasteiger partial charge in [0.15, 0.2) is 11.5 Å². The van der Waals surface area contributed by atoms with Crippen molar-refractivity contribution in [1.82, 2.24) is 10.0 Å². The molecule has 2 aromatic carbocycles. The van der Waals surface area contributed by atoms with Gasteiger partial charge < -0.3 is 14.8 Å². The van der Waals surface area contributed by atoms with Gasteiger partial charge >= 0.3 is 0 Å². The quantitative estimate of drug-likeness (QED) is 0.721. The molecule has 29 heavy (non-hydrogen) atoms. The number of nitrogens with one attached hydrogen (secondary N) is 2. The van der Waals surface area contributed by atoms with E-state index in [4.69, 9.17) is 9.47 Å². The zero-order valence-corrected chi connectivity index (χ0v) is 17.6. The lowest BCUT2D eigenvalue weighted by atomic mass is 9.87. The standard InChI is InChI=1S/C21H26N2O5S/c1-21(2,3)16-5-7-17(8-6-16)29(25,26)23-11-10-20(24)22-13-15-4-9-18-19(12-15)28-14-27-18/h4-9,12,23H,10-11,13-14H2,1-3H3,(H,22,24). The lowest BCUT2D eigenvalue weighted by Crippen LogP contribution is -2.30. The lowest BCUT2D eigenvalue weighted by molar-refractivity contribution is -0.121. The predicted octanol–water partition coefficient (Wildman–Crippen LogP) is 2.70. The highest BCUT2D eigenvalue weighted by molar-refractivity contribution is 7.89. The monoisotopic (exact) mass is 418 g/mol.